The Morgan fingerprint density at radius 1 is 0.750 bits per heavy atom. The minimum absolute atomic E-state index is 0. The molecule has 4 heteroatoms. The Hall–Kier alpha value is 2.53. The SMILES string of the molecule is [Fe].[Ti].[Ti].[V]. The first-order chi connectivity index (χ1) is 0. The van der Waals surface area contributed by atoms with Crippen LogP contribution in [-0.4, -0.2) is 0 Å². The zero-order valence-corrected chi connectivity index (χ0v) is 7.42. The molecule has 0 N–H and O–H groups in total. The van der Waals surface area contributed by atoms with Crippen molar-refractivity contribution in [2.24, 2.45) is 0 Å². The maximum Gasteiger partial charge on any atom is 0 e. The van der Waals surface area contributed by atoms with Crippen LogP contribution in [0.25, 0.3) is 0 Å². The van der Waals surface area contributed by atoms with Gasteiger partial charge < -0.3 is 0 Å². The van der Waals surface area contributed by atoms with Gasteiger partial charge in [0.05, 0.1) is 0 Å². The van der Waals surface area contributed by atoms with Crippen LogP contribution >= 0.6 is 0 Å². The van der Waals surface area contributed by atoms with Gasteiger partial charge in [0.25, 0.3) is 0 Å². The van der Waals surface area contributed by atoms with Gasteiger partial charge in [0.15, 0.2) is 0 Å². The Morgan fingerprint density at radius 3 is 0.750 bits per heavy atom. The molecule has 0 unspecified atom stereocenters. The first-order valence-electron chi connectivity index (χ1n) is 0. The van der Waals surface area contributed by atoms with Gasteiger partial charge in [-0.3, -0.25) is 0 Å². The van der Waals surface area contributed by atoms with Crippen LogP contribution in [0, 0.1) is 0 Å². The molecule has 0 spiro atoms. The predicted octanol–water partition coefficient (Wildman–Crippen LogP) is -0.0100. The Bertz CT molecular complexity index is 6.00. The van der Waals surface area contributed by atoms with E-state index in [9.17, 15) is 0 Å². The van der Waals surface area contributed by atoms with Crippen molar-refractivity contribution in [1.29, 1.82) is 0 Å². The molecule has 0 aromatic rings. The summed E-state index contributed by atoms with van der Waals surface area (Å²) in [6.07, 6.45) is 0. The monoisotopic (exact) mass is 203 g/mol. The number of hydrogen-bond acceptors (Lipinski definition) is 0. The van der Waals surface area contributed by atoms with Gasteiger partial charge in [-0.05, 0) is 0 Å². The molecule has 0 fully saturated rings. The van der Waals surface area contributed by atoms with E-state index in [2.05, 4.69) is 0 Å². The Labute approximate surface area is 78.0 Å². The number of hydrogen-bond donors (Lipinski definition) is 0. The molecule has 0 heterocycles. The first kappa shape index (κ1) is 31.2. The van der Waals surface area contributed by atoms with Crippen LogP contribution in [0.3, 0.4) is 0 Å². The molecule has 21 valence electrons. The fourth-order valence-electron chi connectivity index (χ4n) is 0. The van der Waals surface area contributed by atoms with Crippen LogP contribution in [-0.2, 0) is 79.1 Å². The minimum Gasteiger partial charge on any atom is 0 e. The largest absolute Gasteiger partial charge is 0 e. The van der Waals surface area contributed by atoms with Crippen LogP contribution in [0.5, 0.6) is 0 Å². The molecule has 0 aliphatic heterocycles. The zero-order chi connectivity index (χ0) is 0. The second-order valence-corrected chi connectivity index (χ2v) is 0. The van der Waals surface area contributed by atoms with Gasteiger partial charge >= 0.3 is 0 Å². The van der Waals surface area contributed by atoms with Crippen LogP contribution < -0.4 is 0 Å². The molecule has 0 aromatic carbocycles. The maximum atomic E-state index is 0. The topological polar surface area (TPSA) is 0 Å². The van der Waals surface area contributed by atoms with E-state index in [-0.39, 0.29) is 79.1 Å². The Morgan fingerprint density at radius 2 is 0.750 bits per heavy atom. The summed E-state index contributed by atoms with van der Waals surface area (Å²) < 4.78 is 0. The van der Waals surface area contributed by atoms with Crippen molar-refractivity contribution < 1.29 is 79.1 Å². The van der Waals surface area contributed by atoms with Crippen LogP contribution in [0.1, 0.15) is 0 Å². The number of rotatable bonds is 0. The van der Waals surface area contributed by atoms with Crippen molar-refractivity contribution in [3.63, 3.8) is 0 Å². The minimum atomic E-state index is 0. The molecule has 1 radical (unpaired) electrons. The van der Waals surface area contributed by atoms with E-state index in [0.29, 0.717) is 0 Å². The van der Waals surface area contributed by atoms with E-state index < -0.39 is 0 Å². The summed E-state index contributed by atoms with van der Waals surface area (Å²) in [5, 5.41) is 0. The molecule has 0 rings (SSSR count). The third kappa shape index (κ3) is 8.82. The predicted molar refractivity (Wildman–Crippen MR) is 0 cm³/mol. The van der Waals surface area contributed by atoms with Gasteiger partial charge in [-0.15, -0.1) is 0 Å². The molecule has 0 amide bonds. The normalized spacial score (nSPS) is 0. The molecule has 4 heavy (non-hydrogen) atoms. The third-order valence-electron chi connectivity index (χ3n) is 0. The van der Waals surface area contributed by atoms with Gasteiger partial charge in [0.2, 0.25) is 0 Å². The third-order valence-corrected chi connectivity index (χ3v) is 0. The van der Waals surface area contributed by atoms with Gasteiger partial charge in [-0.25, -0.2) is 0 Å². The molecule has 0 aromatic heterocycles. The fraction of sp³-hybridized carbons (Fsp3) is 0. The van der Waals surface area contributed by atoms with E-state index in [4.69, 9.17) is 0 Å². The second-order valence-electron chi connectivity index (χ2n) is 0. The van der Waals surface area contributed by atoms with Crippen molar-refractivity contribution in [1.82, 2.24) is 0 Å². The Balaban J connectivity index is 0. The summed E-state index contributed by atoms with van der Waals surface area (Å²) in [6, 6.07) is 0. The van der Waals surface area contributed by atoms with Crippen molar-refractivity contribution in [3.8, 4) is 0 Å². The molecule has 0 atom stereocenters. The smallest absolute Gasteiger partial charge is 0 e. The molecule has 0 nitrogen and oxygen atoms in total. The fourth-order valence-corrected chi connectivity index (χ4v) is 0. The first-order valence-corrected chi connectivity index (χ1v) is 0. The van der Waals surface area contributed by atoms with E-state index in [1.807, 2.05) is 0 Å². The van der Waals surface area contributed by atoms with Crippen molar-refractivity contribution in [2.45, 2.75) is 0 Å². The van der Waals surface area contributed by atoms with Gasteiger partial charge in [-0.2, -0.15) is 0 Å². The molecular weight excluding hydrogens is 203 g/mol. The standard InChI is InChI=1S/Fe.2Ti.V. The summed E-state index contributed by atoms with van der Waals surface area (Å²) in [5.74, 6) is 0. The summed E-state index contributed by atoms with van der Waals surface area (Å²) in [6.45, 7) is 0. The van der Waals surface area contributed by atoms with Gasteiger partial charge in [0.1, 0.15) is 0 Å². The van der Waals surface area contributed by atoms with Crippen LogP contribution in [0.4, 0.5) is 0 Å². The van der Waals surface area contributed by atoms with E-state index >= 15 is 0 Å². The van der Waals surface area contributed by atoms with Crippen molar-refractivity contribution in [2.75, 3.05) is 0 Å². The summed E-state index contributed by atoms with van der Waals surface area (Å²) in [7, 11) is 0. The molecular formula is FeTi2V. The summed E-state index contributed by atoms with van der Waals surface area (Å²) >= 11 is 0. The van der Waals surface area contributed by atoms with Crippen LogP contribution in [0.15, 0.2) is 0 Å². The molecule has 0 saturated heterocycles. The molecule has 0 saturated carbocycles. The van der Waals surface area contributed by atoms with Gasteiger partial charge in [0, 0.05) is 79.1 Å². The maximum absolute atomic E-state index is 0. The zero-order valence-electron chi connectivity index (χ0n) is 1.80. The van der Waals surface area contributed by atoms with E-state index in [0.717, 1.165) is 0 Å². The van der Waals surface area contributed by atoms with Gasteiger partial charge in [-0.1, -0.05) is 0 Å². The average molecular weight is 203 g/mol. The molecule has 0 aliphatic carbocycles. The summed E-state index contributed by atoms with van der Waals surface area (Å²) in [4.78, 5) is 0. The average Bonchev–Trinajstić information content (AvgIpc) is 0. The van der Waals surface area contributed by atoms with E-state index in [1.165, 1.54) is 0 Å². The Kier molecular flexibility index (Phi) is 138. The quantitative estimate of drug-likeness (QED) is 0.485. The summed E-state index contributed by atoms with van der Waals surface area (Å²) in [5.41, 5.74) is 0. The molecule has 0 bridgehead atoms. The molecule has 0 aliphatic rings. The second kappa shape index (κ2) is 17.7. The van der Waals surface area contributed by atoms with Crippen molar-refractivity contribution >= 4 is 0 Å². The van der Waals surface area contributed by atoms with E-state index in [1.54, 1.807) is 0 Å². The van der Waals surface area contributed by atoms with Crippen molar-refractivity contribution in [3.05, 3.63) is 0 Å². The van der Waals surface area contributed by atoms with Crippen LogP contribution in [0.2, 0.25) is 0 Å².